The molecule has 3 rings (SSSR count). The minimum Gasteiger partial charge on any atom is -0.506 e. The van der Waals surface area contributed by atoms with E-state index in [2.05, 4.69) is 20.9 Å². The number of carbonyl (C=O) groups excluding carboxylic acids is 2. The summed E-state index contributed by atoms with van der Waals surface area (Å²) < 4.78 is 11.8. The van der Waals surface area contributed by atoms with Crippen molar-refractivity contribution in [2.45, 2.75) is 26.9 Å². The van der Waals surface area contributed by atoms with Gasteiger partial charge in [0.2, 0.25) is 5.91 Å². The Morgan fingerprint density at radius 2 is 1.91 bits per heavy atom. The lowest BCUT2D eigenvalue weighted by molar-refractivity contribution is -0.138. The van der Waals surface area contributed by atoms with Crippen LogP contribution in [0.5, 0.6) is 5.75 Å². The van der Waals surface area contributed by atoms with Gasteiger partial charge >= 0.3 is 5.97 Å². The van der Waals surface area contributed by atoms with Gasteiger partial charge in [0.25, 0.3) is 0 Å². The average molecular weight is 585 g/mol. The molecule has 1 aliphatic rings. The fourth-order valence-electron chi connectivity index (χ4n) is 2.88. The molecular formula is C24H20BrCl2NO5S. The van der Waals surface area contributed by atoms with Crippen molar-refractivity contribution in [1.29, 1.82) is 0 Å². The summed E-state index contributed by atoms with van der Waals surface area (Å²) in [4.78, 5) is 28.7. The third-order valence-corrected chi connectivity index (χ3v) is 6.79. The van der Waals surface area contributed by atoms with Gasteiger partial charge in [-0.2, -0.15) is 0 Å². The number of hydrogen-bond donors (Lipinski definition) is 1. The molecule has 0 aromatic heterocycles. The summed E-state index contributed by atoms with van der Waals surface area (Å²) in [6.07, 6.45) is 1.82. The molecule has 0 aliphatic carbocycles. The van der Waals surface area contributed by atoms with Crippen LogP contribution in [-0.2, 0) is 20.9 Å². The van der Waals surface area contributed by atoms with E-state index in [0.29, 0.717) is 26.3 Å². The molecule has 0 fully saturated rings. The maximum atomic E-state index is 12.4. The molecule has 1 N–H and O–H groups in total. The summed E-state index contributed by atoms with van der Waals surface area (Å²) in [5.74, 6) is -0.931. The SMILES string of the molecule is CCOC(=O)C1=C(O)/C(=C/c2cc(Br)ccc2OCc2ccc(Cl)c(Cl)c2)SC1=NC(=O)CC. The standard InChI is InChI=1S/C24H20BrCl2NO5S/c1-3-20(29)28-23-21(24(31)32-4-2)22(30)19(34-23)11-14-10-15(25)6-8-18(14)33-12-13-5-7-16(26)17(27)9-13/h5-11,30H,3-4,12H2,1-2H3/b19-11-,28-23?. The Kier molecular flexibility index (Phi) is 9.24. The maximum absolute atomic E-state index is 12.4. The van der Waals surface area contributed by atoms with Crippen molar-refractivity contribution < 1.29 is 24.2 Å². The molecule has 178 valence electrons. The number of esters is 1. The Bertz CT molecular complexity index is 1230. The highest BCUT2D eigenvalue weighted by molar-refractivity contribution is 9.10. The normalized spacial score (nSPS) is 15.8. The first kappa shape index (κ1) is 26.3. The molecule has 34 heavy (non-hydrogen) atoms. The minimum atomic E-state index is -0.746. The number of nitrogens with zero attached hydrogens (tertiary/aromatic N) is 1. The minimum absolute atomic E-state index is 0.0994. The lowest BCUT2D eigenvalue weighted by atomic mass is 10.1. The second-order valence-electron chi connectivity index (χ2n) is 6.94. The zero-order valence-corrected chi connectivity index (χ0v) is 22.1. The predicted octanol–water partition coefficient (Wildman–Crippen LogP) is 7.13. The summed E-state index contributed by atoms with van der Waals surface area (Å²) in [5.41, 5.74) is 1.33. The van der Waals surface area contributed by atoms with Crippen LogP contribution < -0.4 is 4.74 Å². The number of halogens is 3. The summed E-state index contributed by atoms with van der Waals surface area (Å²) >= 11 is 16.5. The number of thioether (sulfide) groups is 1. The number of rotatable bonds is 7. The molecule has 0 bridgehead atoms. The highest BCUT2D eigenvalue weighted by Crippen LogP contribution is 2.40. The van der Waals surface area contributed by atoms with Crippen molar-refractivity contribution in [3.8, 4) is 5.75 Å². The Balaban J connectivity index is 1.96. The van der Waals surface area contributed by atoms with Crippen LogP contribution in [0.4, 0.5) is 0 Å². The van der Waals surface area contributed by atoms with Crippen LogP contribution in [0.25, 0.3) is 6.08 Å². The van der Waals surface area contributed by atoms with Crippen molar-refractivity contribution in [3.05, 3.63) is 78.3 Å². The van der Waals surface area contributed by atoms with Crippen LogP contribution in [0, 0.1) is 0 Å². The molecule has 1 heterocycles. The second-order valence-corrected chi connectivity index (χ2v) is 9.70. The van der Waals surface area contributed by atoms with E-state index in [4.69, 9.17) is 32.7 Å². The molecular weight excluding hydrogens is 565 g/mol. The zero-order chi connectivity index (χ0) is 24.8. The molecule has 0 unspecified atom stereocenters. The first-order valence-corrected chi connectivity index (χ1v) is 12.6. The summed E-state index contributed by atoms with van der Waals surface area (Å²) in [6.45, 7) is 3.67. The number of aliphatic hydroxyl groups is 1. The van der Waals surface area contributed by atoms with Crippen LogP contribution in [-0.4, -0.2) is 28.6 Å². The van der Waals surface area contributed by atoms with Crippen molar-refractivity contribution in [1.82, 2.24) is 0 Å². The number of amides is 1. The van der Waals surface area contributed by atoms with E-state index >= 15 is 0 Å². The number of aliphatic imine (C=N–C) groups is 1. The van der Waals surface area contributed by atoms with Gasteiger partial charge in [-0.3, -0.25) is 4.79 Å². The van der Waals surface area contributed by atoms with Gasteiger partial charge in [-0.25, -0.2) is 9.79 Å². The first-order valence-electron chi connectivity index (χ1n) is 10.2. The van der Waals surface area contributed by atoms with E-state index in [1.165, 1.54) is 0 Å². The third-order valence-electron chi connectivity index (χ3n) is 4.54. The van der Waals surface area contributed by atoms with Crippen molar-refractivity contribution in [2.24, 2.45) is 4.99 Å². The van der Waals surface area contributed by atoms with Crippen molar-refractivity contribution >= 4 is 73.9 Å². The molecule has 6 nitrogen and oxygen atoms in total. The van der Waals surface area contributed by atoms with E-state index in [9.17, 15) is 14.7 Å². The molecule has 10 heteroatoms. The predicted molar refractivity (Wildman–Crippen MR) is 140 cm³/mol. The largest absolute Gasteiger partial charge is 0.506 e. The molecule has 0 radical (unpaired) electrons. The van der Waals surface area contributed by atoms with Gasteiger partial charge in [0.15, 0.2) is 0 Å². The molecule has 0 atom stereocenters. The van der Waals surface area contributed by atoms with Gasteiger partial charge < -0.3 is 14.6 Å². The van der Waals surface area contributed by atoms with Gasteiger partial charge in [-0.05, 0) is 48.9 Å². The van der Waals surface area contributed by atoms with Gasteiger partial charge in [-0.15, -0.1) is 0 Å². The molecule has 0 saturated carbocycles. The Labute approximate surface area is 219 Å². The Hall–Kier alpha value is -2.26. The highest BCUT2D eigenvalue weighted by Gasteiger charge is 2.33. The molecule has 2 aromatic carbocycles. The molecule has 1 aliphatic heterocycles. The first-order chi connectivity index (χ1) is 16.2. The van der Waals surface area contributed by atoms with Gasteiger partial charge in [0.05, 0.1) is 21.6 Å². The third kappa shape index (κ3) is 6.44. The monoisotopic (exact) mass is 583 g/mol. The molecule has 0 saturated heterocycles. The van der Waals surface area contributed by atoms with Crippen LogP contribution in [0.15, 0.2) is 62.1 Å². The van der Waals surface area contributed by atoms with Crippen molar-refractivity contribution in [3.63, 3.8) is 0 Å². The lowest BCUT2D eigenvalue weighted by Crippen LogP contribution is -2.14. The zero-order valence-electron chi connectivity index (χ0n) is 18.2. The van der Waals surface area contributed by atoms with E-state index in [0.717, 1.165) is 21.8 Å². The molecule has 2 aromatic rings. The van der Waals surface area contributed by atoms with Crippen LogP contribution in [0.3, 0.4) is 0 Å². The van der Waals surface area contributed by atoms with Gasteiger partial charge in [-0.1, -0.05) is 63.9 Å². The number of carbonyl (C=O) groups is 2. The topological polar surface area (TPSA) is 85.2 Å². The Morgan fingerprint density at radius 3 is 2.59 bits per heavy atom. The van der Waals surface area contributed by atoms with Gasteiger partial charge in [0.1, 0.15) is 28.7 Å². The van der Waals surface area contributed by atoms with Crippen LogP contribution in [0.1, 0.15) is 31.4 Å². The number of ether oxygens (including phenoxy) is 2. The van der Waals surface area contributed by atoms with Crippen LogP contribution in [0.2, 0.25) is 10.0 Å². The van der Waals surface area contributed by atoms with Crippen molar-refractivity contribution in [2.75, 3.05) is 6.61 Å². The summed E-state index contributed by atoms with van der Waals surface area (Å²) in [6, 6.07) is 10.6. The fraction of sp³-hybridized carbons (Fsp3) is 0.208. The summed E-state index contributed by atoms with van der Waals surface area (Å²) in [5, 5.41) is 11.8. The summed E-state index contributed by atoms with van der Waals surface area (Å²) in [7, 11) is 0. The quantitative estimate of drug-likeness (QED) is 0.348. The number of benzene rings is 2. The van der Waals surface area contributed by atoms with E-state index < -0.39 is 11.9 Å². The highest BCUT2D eigenvalue weighted by atomic mass is 79.9. The van der Waals surface area contributed by atoms with E-state index in [-0.39, 0.29) is 36.0 Å². The second kappa shape index (κ2) is 11.9. The average Bonchev–Trinajstić information content (AvgIpc) is 3.10. The van der Waals surface area contributed by atoms with Gasteiger partial charge in [0, 0.05) is 16.5 Å². The smallest absolute Gasteiger partial charge is 0.344 e. The fourth-order valence-corrected chi connectivity index (χ4v) is 4.60. The Morgan fingerprint density at radius 1 is 1.15 bits per heavy atom. The maximum Gasteiger partial charge on any atom is 0.344 e. The molecule has 0 spiro atoms. The molecule has 1 amide bonds. The lowest BCUT2D eigenvalue weighted by Gasteiger charge is -2.11. The van der Waals surface area contributed by atoms with Crippen LogP contribution >= 0.6 is 50.9 Å². The number of hydrogen-bond acceptors (Lipinski definition) is 6. The van der Waals surface area contributed by atoms with E-state index in [1.807, 2.05) is 12.1 Å². The number of aliphatic hydroxyl groups excluding tert-OH is 1. The van der Waals surface area contributed by atoms with E-state index in [1.54, 1.807) is 44.2 Å².